The molecule has 0 amide bonds. The summed E-state index contributed by atoms with van der Waals surface area (Å²) >= 11 is 3.39. The second kappa shape index (κ2) is 5.27. The van der Waals surface area contributed by atoms with Crippen LogP contribution in [0.5, 0.6) is 0 Å². The minimum absolute atomic E-state index is 0.116. The van der Waals surface area contributed by atoms with Gasteiger partial charge in [-0.2, -0.15) is 4.39 Å². The van der Waals surface area contributed by atoms with Gasteiger partial charge in [0.2, 0.25) is 5.95 Å². The van der Waals surface area contributed by atoms with E-state index in [1.165, 1.54) is 12.3 Å². The lowest BCUT2D eigenvalue weighted by Crippen LogP contribution is -2.06. The van der Waals surface area contributed by atoms with Gasteiger partial charge >= 0.3 is 0 Å². The van der Waals surface area contributed by atoms with Crippen molar-refractivity contribution in [1.29, 1.82) is 0 Å². The first-order valence-electron chi connectivity index (χ1n) is 5.29. The van der Waals surface area contributed by atoms with Gasteiger partial charge in [0.25, 0.3) is 0 Å². The summed E-state index contributed by atoms with van der Waals surface area (Å²) in [6.45, 7) is 2.03. The maximum atomic E-state index is 12.9. The average Bonchev–Trinajstić information content (AvgIpc) is 2.29. The van der Waals surface area contributed by atoms with Crippen LogP contribution in [-0.2, 0) is 0 Å². The predicted octanol–water partition coefficient (Wildman–Crippen LogP) is 4.16. The van der Waals surface area contributed by atoms with Crippen molar-refractivity contribution in [2.75, 3.05) is 5.32 Å². The van der Waals surface area contributed by atoms with Crippen molar-refractivity contribution in [2.45, 2.75) is 13.0 Å². The molecule has 2 nitrogen and oxygen atoms in total. The molecule has 1 aromatic carbocycles. The molecule has 0 spiro atoms. The van der Waals surface area contributed by atoms with Gasteiger partial charge < -0.3 is 5.32 Å². The molecule has 2 aromatic rings. The number of nitrogens with one attached hydrogen (secondary N) is 1. The van der Waals surface area contributed by atoms with Crippen molar-refractivity contribution < 1.29 is 4.39 Å². The highest BCUT2D eigenvalue weighted by Gasteiger charge is 2.05. The highest BCUT2D eigenvalue weighted by molar-refractivity contribution is 9.10. The van der Waals surface area contributed by atoms with E-state index in [4.69, 9.17) is 0 Å². The fraction of sp³-hybridized carbons (Fsp3) is 0.154. The third-order valence-electron chi connectivity index (χ3n) is 2.48. The molecule has 0 aliphatic rings. The first-order valence-corrected chi connectivity index (χ1v) is 6.08. The molecule has 1 heterocycles. The van der Waals surface area contributed by atoms with E-state index in [0.717, 1.165) is 15.7 Å². The SMILES string of the molecule is CC(Nc1ccnc(F)c1)c1ccc(Br)cc1. The Hall–Kier alpha value is -1.42. The van der Waals surface area contributed by atoms with E-state index >= 15 is 0 Å². The Morgan fingerprint density at radius 2 is 1.94 bits per heavy atom. The lowest BCUT2D eigenvalue weighted by atomic mass is 10.1. The Kier molecular flexibility index (Phi) is 3.74. The van der Waals surface area contributed by atoms with Crippen molar-refractivity contribution in [2.24, 2.45) is 0 Å². The van der Waals surface area contributed by atoms with Gasteiger partial charge in [0.05, 0.1) is 0 Å². The molecule has 2 rings (SSSR count). The van der Waals surface area contributed by atoms with Crippen LogP contribution < -0.4 is 5.32 Å². The predicted molar refractivity (Wildman–Crippen MR) is 70.4 cm³/mol. The first kappa shape index (κ1) is 12.0. The molecule has 88 valence electrons. The zero-order chi connectivity index (χ0) is 12.3. The molecule has 1 N–H and O–H groups in total. The van der Waals surface area contributed by atoms with E-state index in [1.807, 2.05) is 31.2 Å². The second-order valence-electron chi connectivity index (χ2n) is 3.78. The Bertz CT molecular complexity index is 499. The molecule has 17 heavy (non-hydrogen) atoms. The normalized spacial score (nSPS) is 12.2. The van der Waals surface area contributed by atoms with Crippen LogP contribution in [0, 0.1) is 5.95 Å². The minimum atomic E-state index is -0.474. The molecule has 1 atom stereocenters. The summed E-state index contributed by atoms with van der Waals surface area (Å²) < 4.78 is 14.0. The number of rotatable bonds is 3. The average molecular weight is 295 g/mol. The lowest BCUT2D eigenvalue weighted by Gasteiger charge is -2.15. The van der Waals surface area contributed by atoms with Crippen LogP contribution in [0.15, 0.2) is 47.1 Å². The number of hydrogen-bond acceptors (Lipinski definition) is 2. The lowest BCUT2D eigenvalue weighted by molar-refractivity contribution is 0.584. The molecule has 0 saturated heterocycles. The molecule has 1 unspecified atom stereocenters. The molecule has 0 saturated carbocycles. The van der Waals surface area contributed by atoms with Gasteiger partial charge in [-0.05, 0) is 30.7 Å². The summed E-state index contributed by atoms with van der Waals surface area (Å²) in [5.74, 6) is -0.474. The molecular formula is C13H12BrFN2. The van der Waals surface area contributed by atoms with Crippen LogP contribution in [0.1, 0.15) is 18.5 Å². The zero-order valence-electron chi connectivity index (χ0n) is 9.32. The molecule has 0 aliphatic heterocycles. The number of anilines is 1. The van der Waals surface area contributed by atoms with E-state index in [9.17, 15) is 4.39 Å². The Morgan fingerprint density at radius 1 is 1.24 bits per heavy atom. The monoisotopic (exact) mass is 294 g/mol. The second-order valence-corrected chi connectivity index (χ2v) is 4.70. The van der Waals surface area contributed by atoms with Gasteiger partial charge in [-0.1, -0.05) is 28.1 Å². The Morgan fingerprint density at radius 3 is 2.59 bits per heavy atom. The van der Waals surface area contributed by atoms with Crippen molar-refractivity contribution >= 4 is 21.6 Å². The number of halogens is 2. The van der Waals surface area contributed by atoms with Crippen LogP contribution in [-0.4, -0.2) is 4.98 Å². The molecule has 0 aliphatic carbocycles. The largest absolute Gasteiger partial charge is 0.378 e. The Labute approximate surface area is 108 Å². The molecule has 0 radical (unpaired) electrons. The quantitative estimate of drug-likeness (QED) is 0.860. The fourth-order valence-electron chi connectivity index (χ4n) is 1.58. The summed E-state index contributed by atoms with van der Waals surface area (Å²) in [6, 6.07) is 11.3. The van der Waals surface area contributed by atoms with E-state index in [1.54, 1.807) is 6.07 Å². The zero-order valence-corrected chi connectivity index (χ0v) is 10.9. The van der Waals surface area contributed by atoms with Crippen LogP contribution in [0.4, 0.5) is 10.1 Å². The van der Waals surface area contributed by atoms with E-state index in [-0.39, 0.29) is 6.04 Å². The number of aromatic nitrogens is 1. The first-order chi connectivity index (χ1) is 8.15. The van der Waals surface area contributed by atoms with Crippen LogP contribution in [0.2, 0.25) is 0 Å². The maximum absolute atomic E-state index is 12.9. The number of pyridine rings is 1. The molecule has 0 bridgehead atoms. The third-order valence-corrected chi connectivity index (χ3v) is 3.01. The van der Waals surface area contributed by atoms with Gasteiger partial charge in [-0.3, -0.25) is 0 Å². The van der Waals surface area contributed by atoms with Crippen molar-refractivity contribution in [1.82, 2.24) is 4.98 Å². The topological polar surface area (TPSA) is 24.9 Å². The molecular weight excluding hydrogens is 283 g/mol. The van der Waals surface area contributed by atoms with Crippen molar-refractivity contribution in [3.05, 3.63) is 58.6 Å². The third kappa shape index (κ3) is 3.27. The van der Waals surface area contributed by atoms with Crippen LogP contribution in [0.3, 0.4) is 0 Å². The van der Waals surface area contributed by atoms with Crippen molar-refractivity contribution in [3.63, 3.8) is 0 Å². The number of nitrogens with zero attached hydrogens (tertiary/aromatic N) is 1. The van der Waals surface area contributed by atoms with Gasteiger partial charge in [0.1, 0.15) is 0 Å². The highest BCUT2D eigenvalue weighted by atomic mass is 79.9. The van der Waals surface area contributed by atoms with E-state index in [0.29, 0.717) is 0 Å². The molecule has 1 aromatic heterocycles. The number of hydrogen-bond donors (Lipinski definition) is 1. The Balaban J connectivity index is 2.11. The smallest absolute Gasteiger partial charge is 0.214 e. The van der Waals surface area contributed by atoms with Crippen LogP contribution >= 0.6 is 15.9 Å². The summed E-state index contributed by atoms with van der Waals surface area (Å²) in [6.07, 6.45) is 1.45. The minimum Gasteiger partial charge on any atom is -0.378 e. The van der Waals surface area contributed by atoms with Gasteiger partial charge in [-0.15, -0.1) is 0 Å². The van der Waals surface area contributed by atoms with Crippen LogP contribution in [0.25, 0.3) is 0 Å². The summed E-state index contributed by atoms with van der Waals surface area (Å²) in [5, 5.41) is 3.22. The van der Waals surface area contributed by atoms with Gasteiger partial charge in [-0.25, -0.2) is 4.98 Å². The highest BCUT2D eigenvalue weighted by Crippen LogP contribution is 2.20. The van der Waals surface area contributed by atoms with Crippen molar-refractivity contribution in [3.8, 4) is 0 Å². The standard InChI is InChI=1S/C13H12BrFN2/c1-9(10-2-4-11(14)5-3-10)17-12-6-7-16-13(15)8-12/h2-9H,1H3,(H,16,17). The molecule has 0 fully saturated rings. The fourth-order valence-corrected chi connectivity index (χ4v) is 1.84. The molecule has 4 heteroatoms. The van der Waals surface area contributed by atoms with Gasteiger partial charge in [0, 0.05) is 28.5 Å². The van der Waals surface area contributed by atoms with E-state index in [2.05, 4.69) is 26.2 Å². The van der Waals surface area contributed by atoms with E-state index < -0.39 is 5.95 Å². The summed E-state index contributed by atoms with van der Waals surface area (Å²) in [5.41, 5.74) is 1.87. The summed E-state index contributed by atoms with van der Waals surface area (Å²) in [4.78, 5) is 3.52. The maximum Gasteiger partial charge on any atom is 0.214 e. The van der Waals surface area contributed by atoms with Gasteiger partial charge in [0.15, 0.2) is 0 Å². The number of benzene rings is 1. The summed E-state index contributed by atoms with van der Waals surface area (Å²) in [7, 11) is 0.